The summed E-state index contributed by atoms with van der Waals surface area (Å²) < 4.78 is 1.83. The van der Waals surface area contributed by atoms with E-state index in [1.165, 1.54) is 11.1 Å². The van der Waals surface area contributed by atoms with Crippen LogP contribution in [0.25, 0.3) is 0 Å². The minimum Gasteiger partial charge on any atom is -0.339 e. The molecule has 0 spiro atoms. The minimum atomic E-state index is 0. The number of halogens is 1. The van der Waals surface area contributed by atoms with Crippen molar-refractivity contribution in [1.82, 2.24) is 20.0 Å². The van der Waals surface area contributed by atoms with Gasteiger partial charge in [0.05, 0.1) is 12.1 Å². The van der Waals surface area contributed by atoms with Crippen LogP contribution in [0, 0.1) is 5.92 Å². The van der Waals surface area contributed by atoms with Gasteiger partial charge in [-0.05, 0) is 36.8 Å². The summed E-state index contributed by atoms with van der Waals surface area (Å²) in [4.78, 5) is 15.5. The van der Waals surface area contributed by atoms with E-state index in [1.807, 2.05) is 17.9 Å². The molecule has 0 aliphatic carbocycles. The molecule has 0 radical (unpaired) electrons. The van der Waals surface area contributed by atoms with Gasteiger partial charge in [-0.2, -0.15) is 5.10 Å². The van der Waals surface area contributed by atoms with E-state index in [1.54, 1.807) is 0 Å². The van der Waals surface area contributed by atoms with Crippen molar-refractivity contribution >= 4 is 18.3 Å². The van der Waals surface area contributed by atoms with E-state index in [0.29, 0.717) is 11.9 Å². The Hall–Kier alpha value is -1.85. The molecule has 3 atom stereocenters. The second-order valence-electron chi connectivity index (χ2n) is 7.67. The Bertz CT molecular complexity index is 748. The van der Waals surface area contributed by atoms with E-state index in [4.69, 9.17) is 0 Å². The van der Waals surface area contributed by atoms with Gasteiger partial charge in [0.1, 0.15) is 0 Å². The summed E-state index contributed by atoms with van der Waals surface area (Å²) in [6.45, 7) is 2.56. The maximum atomic E-state index is 13.3. The van der Waals surface area contributed by atoms with Gasteiger partial charge in [0.15, 0.2) is 0 Å². The SMILES string of the molecule is Cl.Cn1cc([C@H]2CNC[C@@H]2C(=O)N2CCCC2CCc2ccccc2)cn1. The van der Waals surface area contributed by atoms with E-state index in [9.17, 15) is 4.79 Å². The number of nitrogens with zero attached hydrogens (tertiary/aromatic N) is 3. The van der Waals surface area contributed by atoms with Crippen LogP contribution < -0.4 is 5.32 Å². The van der Waals surface area contributed by atoms with E-state index in [2.05, 4.69) is 51.8 Å². The van der Waals surface area contributed by atoms with Crippen molar-refractivity contribution in [2.45, 2.75) is 37.6 Å². The van der Waals surface area contributed by atoms with Crippen molar-refractivity contribution in [3.63, 3.8) is 0 Å². The summed E-state index contributed by atoms with van der Waals surface area (Å²) in [5.74, 6) is 0.613. The van der Waals surface area contributed by atoms with Gasteiger partial charge in [0.25, 0.3) is 0 Å². The highest BCUT2D eigenvalue weighted by molar-refractivity contribution is 5.85. The number of amides is 1. The van der Waals surface area contributed by atoms with Crippen LogP contribution >= 0.6 is 12.4 Å². The number of likely N-dealkylation sites (tertiary alicyclic amines) is 1. The quantitative estimate of drug-likeness (QED) is 0.856. The standard InChI is InChI=1S/C21H28N4O.ClH/c1-24-15-17(12-23-24)19-13-22-14-20(19)21(26)25-11-5-8-18(25)10-9-16-6-3-2-4-7-16;/h2-4,6-7,12,15,18-20,22H,5,8-11,13-14H2,1H3;1H/t18?,19-,20+;/m1./s1. The molecular formula is C21H29ClN4O. The van der Waals surface area contributed by atoms with Crippen LogP contribution in [0.3, 0.4) is 0 Å². The van der Waals surface area contributed by atoms with Crippen LogP contribution in [0.15, 0.2) is 42.7 Å². The van der Waals surface area contributed by atoms with Crippen LogP contribution in [0.4, 0.5) is 0 Å². The molecule has 3 heterocycles. The topological polar surface area (TPSA) is 50.2 Å². The van der Waals surface area contributed by atoms with Crippen molar-refractivity contribution in [2.24, 2.45) is 13.0 Å². The Morgan fingerprint density at radius 1 is 1.26 bits per heavy atom. The molecule has 1 aromatic heterocycles. The number of aromatic nitrogens is 2. The third-order valence-electron chi connectivity index (χ3n) is 5.95. The molecule has 0 bridgehead atoms. The van der Waals surface area contributed by atoms with Gasteiger partial charge in [0, 0.05) is 44.8 Å². The van der Waals surface area contributed by atoms with Gasteiger partial charge in [-0.3, -0.25) is 9.48 Å². The molecule has 4 rings (SSSR count). The zero-order valence-electron chi connectivity index (χ0n) is 15.9. The lowest BCUT2D eigenvalue weighted by atomic mass is 9.89. The third-order valence-corrected chi connectivity index (χ3v) is 5.95. The fourth-order valence-electron chi connectivity index (χ4n) is 4.54. The Labute approximate surface area is 167 Å². The Morgan fingerprint density at radius 2 is 2.07 bits per heavy atom. The van der Waals surface area contributed by atoms with Crippen LogP contribution in [-0.4, -0.2) is 46.3 Å². The van der Waals surface area contributed by atoms with Gasteiger partial charge < -0.3 is 10.2 Å². The summed E-state index contributed by atoms with van der Waals surface area (Å²) in [5, 5.41) is 7.72. The number of hydrogen-bond donors (Lipinski definition) is 1. The molecule has 0 saturated carbocycles. The molecule has 2 aliphatic rings. The molecule has 1 N–H and O–H groups in total. The fraction of sp³-hybridized carbons (Fsp3) is 0.524. The first kappa shape index (κ1) is 19.9. The highest BCUT2D eigenvalue weighted by Crippen LogP contribution is 2.32. The Balaban J connectivity index is 0.00000210. The summed E-state index contributed by atoms with van der Waals surface area (Å²) >= 11 is 0. The Kier molecular flexibility index (Phi) is 6.55. The number of benzene rings is 1. The second kappa shape index (κ2) is 8.89. The predicted octanol–water partition coefficient (Wildman–Crippen LogP) is 2.77. The summed E-state index contributed by atoms with van der Waals surface area (Å²) in [5.41, 5.74) is 2.54. The lowest BCUT2D eigenvalue weighted by Crippen LogP contribution is -2.41. The van der Waals surface area contributed by atoms with E-state index < -0.39 is 0 Å². The largest absolute Gasteiger partial charge is 0.339 e. The predicted molar refractivity (Wildman–Crippen MR) is 109 cm³/mol. The average Bonchev–Trinajstić information content (AvgIpc) is 3.40. The minimum absolute atomic E-state index is 0. The zero-order valence-corrected chi connectivity index (χ0v) is 16.7. The molecule has 1 unspecified atom stereocenters. The first-order chi connectivity index (χ1) is 12.7. The van der Waals surface area contributed by atoms with Crippen molar-refractivity contribution in [2.75, 3.05) is 19.6 Å². The van der Waals surface area contributed by atoms with Crippen LogP contribution in [-0.2, 0) is 18.3 Å². The molecule has 2 aliphatic heterocycles. The van der Waals surface area contributed by atoms with E-state index in [-0.39, 0.29) is 24.2 Å². The number of hydrogen-bond acceptors (Lipinski definition) is 3. The first-order valence-corrected chi connectivity index (χ1v) is 9.76. The molecule has 6 heteroatoms. The Morgan fingerprint density at radius 3 is 2.81 bits per heavy atom. The van der Waals surface area contributed by atoms with E-state index >= 15 is 0 Å². The zero-order chi connectivity index (χ0) is 17.9. The normalized spacial score (nSPS) is 24.8. The smallest absolute Gasteiger partial charge is 0.227 e. The molecule has 2 saturated heterocycles. The van der Waals surface area contributed by atoms with Crippen molar-refractivity contribution in [3.8, 4) is 0 Å². The molecular weight excluding hydrogens is 360 g/mol. The molecule has 1 aromatic carbocycles. The third kappa shape index (κ3) is 4.36. The van der Waals surface area contributed by atoms with Crippen LogP contribution in [0.1, 0.15) is 36.3 Å². The summed E-state index contributed by atoms with van der Waals surface area (Å²) in [6.07, 6.45) is 8.33. The van der Waals surface area contributed by atoms with Gasteiger partial charge in [-0.25, -0.2) is 0 Å². The van der Waals surface area contributed by atoms with Crippen molar-refractivity contribution < 1.29 is 4.79 Å². The number of aryl methyl sites for hydroxylation is 2. The number of carbonyl (C=O) groups excluding carboxylic acids is 1. The molecule has 2 fully saturated rings. The van der Waals surface area contributed by atoms with Crippen LogP contribution in [0.5, 0.6) is 0 Å². The van der Waals surface area contributed by atoms with Gasteiger partial charge in [0.2, 0.25) is 5.91 Å². The summed E-state index contributed by atoms with van der Waals surface area (Å²) in [6, 6.07) is 11.0. The molecule has 27 heavy (non-hydrogen) atoms. The monoisotopic (exact) mass is 388 g/mol. The molecule has 1 amide bonds. The summed E-state index contributed by atoms with van der Waals surface area (Å²) in [7, 11) is 1.93. The highest BCUT2D eigenvalue weighted by Gasteiger charge is 2.40. The number of nitrogens with one attached hydrogen (secondary N) is 1. The van der Waals surface area contributed by atoms with Crippen molar-refractivity contribution in [3.05, 3.63) is 53.9 Å². The van der Waals surface area contributed by atoms with Crippen molar-refractivity contribution in [1.29, 1.82) is 0 Å². The fourth-order valence-corrected chi connectivity index (χ4v) is 4.54. The average molecular weight is 389 g/mol. The maximum Gasteiger partial charge on any atom is 0.227 e. The lowest BCUT2D eigenvalue weighted by molar-refractivity contribution is -0.136. The molecule has 5 nitrogen and oxygen atoms in total. The number of carbonyl (C=O) groups is 1. The van der Waals surface area contributed by atoms with E-state index in [0.717, 1.165) is 45.3 Å². The van der Waals surface area contributed by atoms with Crippen LogP contribution in [0.2, 0.25) is 0 Å². The highest BCUT2D eigenvalue weighted by atomic mass is 35.5. The molecule has 2 aromatic rings. The van der Waals surface area contributed by atoms with Gasteiger partial charge in [-0.1, -0.05) is 30.3 Å². The maximum absolute atomic E-state index is 13.3. The number of rotatable bonds is 5. The second-order valence-corrected chi connectivity index (χ2v) is 7.67. The van der Waals surface area contributed by atoms with Gasteiger partial charge in [-0.15, -0.1) is 12.4 Å². The first-order valence-electron chi connectivity index (χ1n) is 9.76. The lowest BCUT2D eigenvalue weighted by Gasteiger charge is -2.29. The molecule has 146 valence electrons. The van der Waals surface area contributed by atoms with Gasteiger partial charge >= 0.3 is 0 Å².